The van der Waals surface area contributed by atoms with E-state index in [0.29, 0.717) is 5.02 Å². The lowest BCUT2D eigenvalue weighted by Gasteiger charge is -2.24. The third-order valence-corrected chi connectivity index (χ3v) is 4.65. The van der Waals surface area contributed by atoms with Gasteiger partial charge in [0, 0.05) is 29.3 Å². The van der Waals surface area contributed by atoms with E-state index < -0.39 is 35.0 Å². The number of halogens is 1. The van der Waals surface area contributed by atoms with E-state index in [0.717, 1.165) is 4.90 Å². The monoisotopic (exact) mass is 402 g/mol. The first-order valence-electron chi connectivity index (χ1n) is 8.24. The van der Waals surface area contributed by atoms with Gasteiger partial charge in [0.2, 0.25) is 0 Å². The number of amides is 1. The Labute approximate surface area is 164 Å². The highest BCUT2D eigenvalue weighted by Gasteiger charge is 2.46. The lowest BCUT2D eigenvalue weighted by molar-refractivity contribution is -0.384. The molecule has 0 spiro atoms. The summed E-state index contributed by atoms with van der Waals surface area (Å²) in [6, 6.07) is 10.4. The Morgan fingerprint density at radius 3 is 2.46 bits per heavy atom. The maximum Gasteiger partial charge on any atom is 0.295 e. The molecule has 1 fully saturated rings. The number of hydrogen-bond acceptors (Lipinski definition) is 6. The van der Waals surface area contributed by atoms with Gasteiger partial charge in [-0.1, -0.05) is 23.7 Å². The number of nitrogens with zero attached hydrogens (tertiary/aromatic N) is 2. The van der Waals surface area contributed by atoms with Crippen molar-refractivity contribution >= 4 is 34.7 Å². The first-order valence-corrected chi connectivity index (χ1v) is 8.62. The summed E-state index contributed by atoms with van der Waals surface area (Å²) in [5.41, 5.74) is 0.110. The van der Waals surface area contributed by atoms with Crippen molar-refractivity contribution < 1.29 is 24.7 Å². The molecule has 2 aromatic carbocycles. The molecular formula is C19H15ClN2O6. The van der Waals surface area contributed by atoms with Gasteiger partial charge in [-0.3, -0.25) is 19.7 Å². The number of carbonyl (C=O) groups is 2. The van der Waals surface area contributed by atoms with Crippen LogP contribution in [0.25, 0.3) is 5.76 Å². The van der Waals surface area contributed by atoms with Crippen LogP contribution < -0.4 is 0 Å². The molecule has 1 aliphatic heterocycles. The molecule has 1 saturated heterocycles. The zero-order valence-electron chi connectivity index (χ0n) is 14.4. The Bertz CT molecular complexity index is 986. The number of aliphatic hydroxyl groups is 2. The molecule has 0 unspecified atom stereocenters. The molecule has 9 heteroatoms. The minimum Gasteiger partial charge on any atom is -0.507 e. The van der Waals surface area contributed by atoms with E-state index in [-0.39, 0.29) is 28.9 Å². The maximum atomic E-state index is 12.6. The number of ketones is 1. The van der Waals surface area contributed by atoms with E-state index in [1.54, 1.807) is 0 Å². The highest BCUT2D eigenvalue weighted by molar-refractivity contribution is 6.46. The maximum absolute atomic E-state index is 12.6. The average molecular weight is 403 g/mol. The number of nitro groups is 1. The van der Waals surface area contributed by atoms with E-state index in [4.69, 9.17) is 11.6 Å². The molecule has 28 heavy (non-hydrogen) atoms. The lowest BCUT2D eigenvalue weighted by Crippen LogP contribution is -2.32. The van der Waals surface area contributed by atoms with Crippen LogP contribution in [0, 0.1) is 10.1 Å². The number of hydrogen-bond donors (Lipinski definition) is 2. The van der Waals surface area contributed by atoms with Gasteiger partial charge in [-0.25, -0.2) is 0 Å². The molecule has 1 heterocycles. The topological polar surface area (TPSA) is 121 Å². The number of non-ortho nitro benzene ring substituents is 1. The third-order valence-electron chi connectivity index (χ3n) is 4.40. The van der Waals surface area contributed by atoms with Gasteiger partial charge in [-0.15, -0.1) is 0 Å². The molecule has 0 aromatic heterocycles. The normalized spacial score (nSPS) is 18.5. The third kappa shape index (κ3) is 3.47. The number of aliphatic hydroxyl groups excluding tert-OH is 2. The molecule has 0 bridgehead atoms. The fraction of sp³-hybridized carbons (Fsp3) is 0.158. The fourth-order valence-corrected chi connectivity index (χ4v) is 3.26. The Morgan fingerprint density at radius 1 is 1.18 bits per heavy atom. The Kier molecular flexibility index (Phi) is 5.43. The number of β-amino-alcohol motifs (C(OH)–C–C–N with tert-alkyl or cyclic N) is 1. The van der Waals surface area contributed by atoms with Crippen molar-refractivity contribution in [2.75, 3.05) is 13.2 Å². The summed E-state index contributed by atoms with van der Waals surface area (Å²) in [5.74, 6) is -2.26. The smallest absolute Gasteiger partial charge is 0.295 e. The molecule has 8 nitrogen and oxygen atoms in total. The number of carbonyl (C=O) groups excluding carboxylic acids is 2. The van der Waals surface area contributed by atoms with E-state index in [1.807, 2.05) is 0 Å². The molecule has 1 aliphatic rings. The zero-order chi connectivity index (χ0) is 20.4. The van der Waals surface area contributed by atoms with Crippen molar-refractivity contribution in [1.82, 2.24) is 4.90 Å². The summed E-state index contributed by atoms with van der Waals surface area (Å²) >= 11 is 5.85. The molecule has 144 valence electrons. The predicted molar refractivity (Wildman–Crippen MR) is 101 cm³/mol. The minimum absolute atomic E-state index is 0.171. The van der Waals surface area contributed by atoms with E-state index in [9.17, 15) is 29.9 Å². The number of benzene rings is 2. The van der Waals surface area contributed by atoms with Gasteiger partial charge in [-0.05, 0) is 29.8 Å². The van der Waals surface area contributed by atoms with Crippen LogP contribution in [0.1, 0.15) is 17.2 Å². The van der Waals surface area contributed by atoms with E-state index >= 15 is 0 Å². The summed E-state index contributed by atoms with van der Waals surface area (Å²) in [6.45, 7) is -0.589. The molecule has 1 atom stereocenters. The second kappa shape index (κ2) is 7.79. The highest BCUT2D eigenvalue weighted by Crippen LogP contribution is 2.40. The number of rotatable bonds is 5. The standard InChI is InChI=1S/C19H15ClN2O6/c20-13-6-4-11(5-7-13)17(24)15-16(21(8-9-23)19(26)18(15)25)12-2-1-3-14(10-12)22(27)28/h1-7,10,16,23-24H,8-9H2/t16-/m1/s1. The molecule has 2 aromatic rings. The number of likely N-dealkylation sites (tertiary alicyclic amines) is 1. The van der Waals surface area contributed by atoms with Crippen molar-refractivity contribution in [3.8, 4) is 0 Å². The average Bonchev–Trinajstić information content (AvgIpc) is 2.93. The van der Waals surface area contributed by atoms with Crippen molar-refractivity contribution in [2.24, 2.45) is 0 Å². The van der Waals surface area contributed by atoms with Crippen LogP contribution in [-0.2, 0) is 9.59 Å². The van der Waals surface area contributed by atoms with Crippen LogP contribution in [0.4, 0.5) is 5.69 Å². The van der Waals surface area contributed by atoms with Gasteiger partial charge in [0.1, 0.15) is 5.76 Å². The predicted octanol–water partition coefficient (Wildman–Crippen LogP) is 2.66. The first kappa shape index (κ1) is 19.5. The van der Waals surface area contributed by atoms with Gasteiger partial charge in [0.25, 0.3) is 17.4 Å². The van der Waals surface area contributed by atoms with Crippen LogP contribution >= 0.6 is 11.6 Å². The van der Waals surface area contributed by atoms with Crippen LogP contribution in [0.2, 0.25) is 5.02 Å². The molecule has 0 radical (unpaired) electrons. The Hall–Kier alpha value is -3.23. The van der Waals surface area contributed by atoms with E-state index in [1.165, 1.54) is 48.5 Å². The summed E-state index contributed by atoms with van der Waals surface area (Å²) < 4.78 is 0. The minimum atomic E-state index is -1.07. The second-order valence-corrected chi connectivity index (χ2v) is 6.51. The molecule has 0 saturated carbocycles. The summed E-state index contributed by atoms with van der Waals surface area (Å²) in [4.78, 5) is 36.7. The summed E-state index contributed by atoms with van der Waals surface area (Å²) in [5, 5.41) is 31.6. The lowest BCUT2D eigenvalue weighted by atomic mass is 9.95. The Morgan fingerprint density at radius 2 is 1.86 bits per heavy atom. The fourth-order valence-electron chi connectivity index (χ4n) is 3.14. The molecule has 0 aliphatic carbocycles. The number of nitro benzene ring substituents is 1. The second-order valence-electron chi connectivity index (χ2n) is 6.08. The van der Waals surface area contributed by atoms with Crippen LogP contribution in [0.5, 0.6) is 0 Å². The van der Waals surface area contributed by atoms with Gasteiger partial charge in [-0.2, -0.15) is 0 Å². The Balaban J connectivity index is 2.20. The number of Topliss-reactive ketones (excluding diaryl/α,β-unsaturated/α-hetero) is 1. The van der Waals surface area contributed by atoms with E-state index in [2.05, 4.69) is 0 Å². The van der Waals surface area contributed by atoms with Crippen LogP contribution in [0.15, 0.2) is 54.1 Å². The first-order chi connectivity index (χ1) is 13.3. The zero-order valence-corrected chi connectivity index (χ0v) is 15.2. The quantitative estimate of drug-likeness (QED) is 0.261. The van der Waals surface area contributed by atoms with Crippen molar-refractivity contribution in [1.29, 1.82) is 0 Å². The molecule has 1 amide bonds. The van der Waals surface area contributed by atoms with Crippen molar-refractivity contribution in [2.45, 2.75) is 6.04 Å². The van der Waals surface area contributed by atoms with Crippen LogP contribution in [0.3, 0.4) is 0 Å². The van der Waals surface area contributed by atoms with Crippen molar-refractivity contribution in [3.05, 3.63) is 80.4 Å². The highest BCUT2D eigenvalue weighted by atomic mass is 35.5. The van der Waals surface area contributed by atoms with Gasteiger partial charge in [0.05, 0.1) is 23.1 Å². The summed E-state index contributed by atoms with van der Waals surface area (Å²) in [7, 11) is 0. The molecule has 2 N–H and O–H groups in total. The molecular weight excluding hydrogens is 388 g/mol. The molecule has 3 rings (SSSR count). The SMILES string of the molecule is O=C1C(=O)N(CCO)[C@H](c2cccc([N+](=O)[O-])c2)C1=C(O)c1ccc(Cl)cc1. The van der Waals surface area contributed by atoms with Gasteiger partial charge >= 0.3 is 0 Å². The van der Waals surface area contributed by atoms with Gasteiger partial charge in [0.15, 0.2) is 0 Å². The van der Waals surface area contributed by atoms with Crippen molar-refractivity contribution in [3.63, 3.8) is 0 Å². The largest absolute Gasteiger partial charge is 0.507 e. The summed E-state index contributed by atoms with van der Waals surface area (Å²) in [6.07, 6.45) is 0. The van der Waals surface area contributed by atoms with Crippen LogP contribution in [-0.4, -0.2) is 44.9 Å². The van der Waals surface area contributed by atoms with Gasteiger partial charge < -0.3 is 15.1 Å².